The van der Waals surface area contributed by atoms with E-state index in [2.05, 4.69) is 20.6 Å². The fourth-order valence-corrected chi connectivity index (χ4v) is 3.20. The number of carbonyl (C=O) groups excluding carboxylic acids is 2. The molecule has 2 heterocycles. The third-order valence-corrected chi connectivity index (χ3v) is 4.80. The molecule has 4 N–H and O–H groups in total. The average molecular weight is 342 g/mol. The van der Waals surface area contributed by atoms with Crippen LogP contribution in [0.4, 0.5) is 10.7 Å². The zero-order valence-electron chi connectivity index (χ0n) is 12.5. The highest BCUT2D eigenvalue weighted by atomic mass is 32.1. The maximum atomic E-state index is 12.3. The second-order valence-corrected chi connectivity index (χ2v) is 6.80. The minimum Gasteiger partial charge on any atom is -0.321 e. The molecule has 0 radical (unpaired) electrons. The molecule has 0 spiro atoms. The Bertz CT molecular complexity index is 996. The van der Waals surface area contributed by atoms with Crippen molar-refractivity contribution in [2.45, 2.75) is 12.8 Å². The standard InChI is InChI=1S/C16H14N4O3S/c21-14(8-1-2-8)20-13-6-5-12(24-13)15(22)17-9-3-4-10-11(7-9)19-16(23)18-10/h3-8H,1-2H2,(H,17,22)(H,20,21)(H2,18,19,23). The van der Waals surface area contributed by atoms with Crippen LogP contribution in [-0.2, 0) is 4.79 Å². The number of carbonyl (C=O) groups is 2. The second-order valence-electron chi connectivity index (χ2n) is 5.72. The van der Waals surface area contributed by atoms with E-state index in [1.54, 1.807) is 30.3 Å². The summed E-state index contributed by atoms with van der Waals surface area (Å²) in [6, 6.07) is 8.53. The molecule has 0 saturated heterocycles. The molecule has 1 fully saturated rings. The van der Waals surface area contributed by atoms with Gasteiger partial charge in [-0.3, -0.25) is 9.59 Å². The summed E-state index contributed by atoms with van der Waals surface area (Å²) in [5.41, 5.74) is 1.60. The molecule has 3 aromatic rings. The molecule has 2 amide bonds. The largest absolute Gasteiger partial charge is 0.323 e. The van der Waals surface area contributed by atoms with E-state index in [-0.39, 0.29) is 23.4 Å². The zero-order chi connectivity index (χ0) is 16.7. The zero-order valence-corrected chi connectivity index (χ0v) is 13.3. The van der Waals surface area contributed by atoms with Gasteiger partial charge in [0.1, 0.15) is 0 Å². The van der Waals surface area contributed by atoms with E-state index < -0.39 is 0 Å². The van der Waals surface area contributed by atoms with Gasteiger partial charge in [-0.15, -0.1) is 11.3 Å². The molecule has 1 aliphatic carbocycles. The van der Waals surface area contributed by atoms with E-state index >= 15 is 0 Å². The molecule has 1 saturated carbocycles. The number of nitrogens with one attached hydrogen (secondary N) is 4. The number of rotatable bonds is 4. The van der Waals surface area contributed by atoms with Crippen LogP contribution in [0.15, 0.2) is 35.1 Å². The summed E-state index contributed by atoms with van der Waals surface area (Å²) < 4.78 is 0. The summed E-state index contributed by atoms with van der Waals surface area (Å²) >= 11 is 1.23. The normalized spacial score (nSPS) is 13.8. The molecule has 0 unspecified atom stereocenters. The SMILES string of the molecule is O=C(Nc1ccc2[nH]c(=O)[nH]c2c1)c1ccc(NC(=O)C2CC2)s1. The van der Waals surface area contributed by atoms with E-state index in [9.17, 15) is 14.4 Å². The Morgan fingerprint density at radius 3 is 2.62 bits per heavy atom. The molecule has 0 bridgehead atoms. The van der Waals surface area contributed by atoms with Gasteiger partial charge in [-0.2, -0.15) is 0 Å². The van der Waals surface area contributed by atoms with Crippen molar-refractivity contribution < 1.29 is 9.59 Å². The van der Waals surface area contributed by atoms with Crippen LogP contribution in [0.5, 0.6) is 0 Å². The van der Waals surface area contributed by atoms with Crippen molar-refractivity contribution in [2.24, 2.45) is 5.92 Å². The summed E-state index contributed by atoms with van der Waals surface area (Å²) in [5.74, 6) is -0.116. The topological polar surface area (TPSA) is 107 Å². The van der Waals surface area contributed by atoms with Crippen molar-refractivity contribution in [3.05, 3.63) is 45.7 Å². The second kappa shape index (κ2) is 5.64. The number of imidazole rings is 1. The number of aromatic amines is 2. The molecule has 4 rings (SSSR count). The van der Waals surface area contributed by atoms with Crippen LogP contribution in [-0.4, -0.2) is 21.8 Å². The lowest BCUT2D eigenvalue weighted by Crippen LogP contribution is -2.12. The van der Waals surface area contributed by atoms with Crippen molar-refractivity contribution in [2.75, 3.05) is 10.6 Å². The van der Waals surface area contributed by atoms with E-state index in [1.165, 1.54) is 11.3 Å². The van der Waals surface area contributed by atoms with Crippen LogP contribution < -0.4 is 16.3 Å². The first-order valence-corrected chi connectivity index (χ1v) is 8.34. The van der Waals surface area contributed by atoms with Gasteiger partial charge in [0.2, 0.25) is 5.91 Å². The molecule has 7 nitrogen and oxygen atoms in total. The minimum absolute atomic E-state index is 0.0191. The van der Waals surface area contributed by atoms with Gasteiger partial charge in [0.25, 0.3) is 5.91 Å². The summed E-state index contributed by atoms with van der Waals surface area (Å²) in [6.07, 6.45) is 1.88. The van der Waals surface area contributed by atoms with Crippen LogP contribution in [0.3, 0.4) is 0 Å². The first-order chi connectivity index (χ1) is 11.6. The fraction of sp³-hybridized carbons (Fsp3) is 0.188. The van der Waals surface area contributed by atoms with E-state index in [0.29, 0.717) is 26.6 Å². The average Bonchev–Trinajstić information content (AvgIpc) is 3.19. The Balaban J connectivity index is 1.47. The van der Waals surface area contributed by atoms with E-state index in [0.717, 1.165) is 12.8 Å². The van der Waals surface area contributed by atoms with Crippen molar-refractivity contribution in [1.29, 1.82) is 0 Å². The van der Waals surface area contributed by atoms with Crippen molar-refractivity contribution in [3.8, 4) is 0 Å². The predicted molar refractivity (Wildman–Crippen MR) is 92.5 cm³/mol. The van der Waals surface area contributed by atoms with Gasteiger partial charge in [0.15, 0.2) is 0 Å². The maximum absolute atomic E-state index is 12.3. The van der Waals surface area contributed by atoms with Gasteiger partial charge in [0.05, 0.1) is 20.9 Å². The number of amides is 2. The molecule has 1 aromatic carbocycles. The van der Waals surface area contributed by atoms with Gasteiger partial charge in [-0.05, 0) is 43.2 Å². The van der Waals surface area contributed by atoms with E-state index in [1.807, 2.05) is 0 Å². The van der Waals surface area contributed by atoms with Crippen LogP contribution in [0.1, 0.15) is 22.5 Å². The third-order valence-electron chi connectivity index (χ3n) is 3.80. The Hall–Kier alpha value is -2.87. The fourth-order valence-electron chi connectivity index (χ4n) is 2.40. The van der Waals surface area contributed by atoms with Gasteiger partial charge < -0.3 is 20.6 Å². The first-order valence-electron chi connectivity index (χ1n) is 7.52. The molecule has 0 aliphatic heterocycles. The quantitative estimate of drug-likeness (QED) is 0.585. The van der Waals surface area contributed by atoms with Crippen LogP contribution in [0.2, 0.25) is 0 Å². The monoisotopic (exact) mass is 342 g/mol. The van der Waals surface area contributed by atoms with Gasteiger partial charge in [0, 0.05) is 11.6 Å². The number of hydrogen-bond acceptors (Lipinski definition) is 4. The summed E-state index contributed by atoms with van der Waals surface area (Å²) in [4.78, 5) is 41.1. The smallest absolute Gasteiger partial charge is 0.321 e. The summed E-state index contributed by atoms with van der Waals surface area (Å²) in [7, 11) is 0. The third kappa shape index (κ3) is 2.95. The molecule has 1 aliphatic rings. The Morgan fingerprint density at radius 1 is 1.04 bits per heavy atom. The molecule has 24 heavy (non-hydrogen) atoms. The summed E-state index contributed by atoms with van der Waals surface area (Å²) in [5, 5.41) is 6.28. The molecule has 122 valence electrons. The van der Waals surface area contributed by atoms with Crippen molar-refractivity contribution in [1.82, 2.24) is 9.97 Å². The molecular formula is C16H14N4O3S. The Morgan fingerprint density at radius 2 is 1.83 bits per heavy atom. The molecule has 0 atom stereocenters. The van der Waals surface area contributed by atoms with Crippen LogP contribution in [0, 0.1) is 5.92 Å². The number of hydrogen-bond donors (Lipinski definition) is 4. The first kappa shape index (κ1) is 14.7. The minimum atomic E-state index is -0.289. The predicted octanol–water partition coefficient (Wildman–Crippen LogP) is 2.52. The molecule has 2 aromatic heterocycles. The van der Waals surface area contributed by atoms with Crippen molar-refractivity contribution >= 4 is 44.9 Å². The Kier molecular flexibility index (Phi) is 3.46. The van der Waals surface area contributed by atoms with Crippen molar-refractivity contribution in [3.63, 3.8) is 0 Å². The highest BCUT2D eigenvalue weighted by Crippen LogP contribution is 2.31. The van der Waals surface area contributed by atoms with Gasteiger partial charge in [-0.1, -0.05) is 0 Å². The lowest BCUT2D eigenvalue weighted by atomic mass is 10.2. The number of aromatic nitrogens is 2. The Labute approximate surface area is 140 Å². The van der Waals surface area contributed by atoms with E-state index in [4.69, 9.17) is 0 Å². The number of thiophene rings is 1. The lowest BCUT2D eigenvalue weighted by molar-refractivity contribution is -0.117. The van der Waals surface area contributed by atoms with Crippen LogP contribution in [0.25, 0.3) is 11.0 Å². The number of benzene rings is 1. The van der Waals surface area contributed by atoms with Crippen LogP contribution >= 0.6 is 11.3 Å². The molecular weight excluding hydrogens is 328 g/mol. The van der Waals surface area contributed by atoms with Gasteiger partial charge >= 0.3 is 5.69 Å². The molecule has 8 heteroatoms. The summed E-state index contributed by atoms with van der Waals surface area (Å²) in [6.45, 7) is 0. The number of H-pyrrole nitrogens is 2. The number of anilines is 2. The lowest BCUT2D eigenvalue weighted by Gasteiger charge is -2.03. The highest BCUT2D eigenvalue weighted by Gasteiger charge is 2.29. The van der Waals surface area contributed by atoms with Gasteiger partial charge in [-0.25, -0.2) is 4.79 Å². The highest BCUT2D eigenvalue weighted by molar-refractivity contribution is 7.18. The number of fused-ring (bicyclic) bond motifs is 1. The maximum Gasteiger partial charge on any atom is 0.323 e.